The average molecular weight is 482 g/mol. The molecular weight excluding hydrogens is 442 g/mol. The van der Waals surface area contributed by atoms with Crippen LogP contribution in [0.5, 0.6) is 0 Å². The summed E-state index contributed by atoms with van der Waals surface area (Å²) in [4.78, 5) is 17.2. The van der Waals surface area contributed by atoms with Crippen molar-refractivity contribution < 1.29 is 4.79 Å². The second-order valence-electron chi connectivity index (χ2n) is 9.22. The Kier molecular flexibility index (Phi) is 11.5. The number of rotatable bonds is 16. The van der Waals surface area contributed by atoms with E-state index in [4.69, 9.17) is 16.6 Å². The van der Waals surface area contributed by atoms with Gasteiger partial charge in [0.05, 0.1) is 17.5 Å². The molecule has 184 valence electrons. The molecule has 3 rings (SSSR count). The lowest BCUT2D eigenvalue weighted by molar-refractivity contribution is -0.120. The minimum atomic E-state index is 0.0105. The predicted octanol–water partition coefficient (Wildman–Crippen LogP) is 7.51. The molecule has 0 aliphatic carbocycles. The standard InChI is InChI=1S/C29H40ClN3O/c1-2-3-4-5-6-7-8-9-14-22-33-27-19-13-12-18-26(27)32-28(33)20-15-21-31-29(34)23-24-16-10-11-17-25(24)30/h10-13,16-19H,2-9,14-15,20-23H2,1H3,(H,31,34). The van der Waals surface area contributed by atoms with Crippen molar-refractivity contribution in [3.05, 3.63) is 64.9 Å². The van der Waals surface area contributed by atoms with E-state index in [9.17, 15) is 4.79 Å². The zero-order chi connectivity index (χ0) is 24.0. The zero-order valence-corrected chi connectivity index (χ0v) is 21.5. The van der Waals surface area contributed by atoms with Crippen LogP contribution in [0.3, 0.4) is 0 Å². The molecule has 0 fully saturated rings. The Labute approximate surface area is 210 Å². The first-order valence-corrected chi connectivity index (χ1v) is 13.5. The van der Waals surface area contributed by atoms with E-state index < -0.39 is 0 Å². The number of nitrogens with zero attached hydrogens (tertiary/aromatic N) is 2. The van der Waals surface area contributed by atoms with E-state index in [0.29, 0.717) is 18.0 Å². The van der Waals surface area contributed by atoms with Gasteiger partial charge in [0.2, 0.25) is 5.91 Å². The van der Waals surface area contributed by atoms with Gasteiger partial charge >= 0.3 is 0 Å². The third kappa shape index (κ3) is 8.47. The number of halogens is 1. The minimum absolute atomic E-state index is 0.0105. The Morgan fingerprint density at radius 2 is 1.56 bits per heavy atom. The highest BCUT2D eigenvalue weighted by atomic mass is 35.5. The van der Waals surface area contributed by atoms with E-state index in [0.717, 1.165) is 36.3 Å². The number of unbranched alkanes of at least 4 members (excludes halogenated alkanes) is 8. The highest BCUT2D eigenvalue weighted by Gasteiger charge is 2.11. The van der Waals surface area contributed by atoms with Crippen LogP contribution in [0.4, 0.5) is 0 Å². The second kappa shape index (κ2) is 14.8. The first kappa shape index (κ1) is 26.3. The largest absolute Gasteiger partial charge is 0.356 e. The molecule has 1 amide bonds. The first-order valence-electron chi connectivity index (χ1n) is 13.1. The van der Waals surface area contributed by atoms with Crippen molar-refractivity contribution in [2.75, 3.05) is 6.54 Å². The minimum Gasteiger partial charge on any atom is -0.356 e. The van der Waals surface area contributed by atoms with Crippen molar-refractivity contribution in [1.82, 2.24) is 14.9 Å². The van der Waals surface area contributed by atoms with E-state index in [1.807, 2.05) is 24.3 Å². The van der Waals surface area contributed by atoms with E-state index in [1.165, 1.54) is 63.3 Å². The van der Waals surface area contributed by atoms with Gasteiger partial charge < -0.3 is 9.88 Å². The molecule has 0 aliphatic heterocycles. The summed E-state index contributed by atoms with van der Waals surface area (Å²) in [6, 6.07) is 15.9. The quantitative estimate of drug-likeness (QED) is 0.215. The maximum absolute atomic E-state index is 12.3. The summed E-state index contributed by atoms with van der Waals surface area (Å²) < 4.78 is 2.39. The Balaban J connectivity index is 1.43. The summed E-state index contributed by atoms with van der Waals surface area (Å²) in [6.45, 7) is 3.93. The number of carbonyl (C=O) groups excluding carboxylic acids is 1. The maximum atomic E-state index is 12.3. The summed E-state index contributed by atoms with van der Waals surface area (Å²) in [7, 11) is 0. The molecule has 0 unspecified atom stereocenters. The van der Waals surface area contributed by atoms with Crippen molar-refractivity contribution >= 4 is 28.5 Å². The van der Waals surface area contributed by atoms with Gasteiger partial charge in [-0.3, -0.25) is 4.79 Å². The van der Waals surface area contributed by atoms with Crippen LogP contribution in [0.2, 0.25) is 5.02 Å². The van der Waals surface area contributed by atoms with Crippen molar-refractivity contribution in [1.29, 1.82) is 0 Å². The van der Waals surface area contributed by atoms with Crippen molar-refractivity contribution in [3.8, 4) is 0 Å². The molecule has 5 heteroatoms. The number of aryl methyl sites for hydroxylation is 2. The Hall–Kier alpha value is -2.33. The van der Waals surface area contributed by atoms with Crippen LogP contribution >= 0.6 is 11.6 Å². The Morgan fingerprint density at radius 3 is 2.32 bits per heavy atom. The normalized spacial score (nSPS) is 11.2. The summed E-state index contributed by atoms with van der Waals surface area (Å²) in [6.07, 6.45) is 14.0. The number of imidazole rings is 1. The lowest BCUT2D eigenvalue weighted by Gasteiger charge is -2.10. The van der Waals surface area contributed by atoms with E-state index in [2.05, 4.69) is 41.1 Å². The molecule has 0 spiro atoms. The van der Waals surface area contributed by atoms with Gasteiger partial charge in [0.15, 0.2) is 0 Å². The van der Waals surface area contributed by atoms with E-state index >= 15 is 0 Å². The maximum Gasteiger partial charge on any atom is 0.224 e. The lowest BCUT2D eigenvalue weighted by atomic mass is 10.1. The van der Waals surface area contributed by atoms with Gasteiger partial charge in [-0.15, -0.1) is 0 Å². The Bertz CT molecular complexity index is 1010. The summed E-state index contributed by atoms with van der Waals surface area (Å²) >= 11 is 6.17. The number of nitrogens with one attached hydrogen (secondary N) is 1. The number of hydrogen-bond acceptors (Lipinski definition) is 2. The summed E-state index contributed by atoms with van der Waals surface area (Å²) in [5.41, 5.74) is 3.15. The van der Waals surface area contributed by atoms with Crippen LogP contribution in [0.15, 0.2) is 48.5 Å². The number of aromatic nitrogens is 2. The number of para-hydroxylation sites is 2. The van der Waals surface area contributed by atoms with E-state index in [-0.39, 0.29) is 5.91 Å². The smallest absolute Gasteiger partial charge is 0.224 e. The SMILES string of the molecule is CCCCCCCCCCCn1c(CCCNC(=O)Cc2ccccc2Cl)nc2ccccc21. The number of carbonyl (C=O) groups is 1. The van der Waals surface area contributed by atoms with Crippen LogP contribution < -0.4 is 5.32 Å². The molecule has 1 aromatic heterocycles. The fourth-order valence-electron chi connectivity index (χ4n) is 4.50. The molecule has 4 nitrogen and oxygen atoms in total. The van der Waals surface area contributed by atoms with Crippen LogP contribution in [-0.4, -0.2) is 22.0 Å². The number of amides is 1. The summed E-state index contributed by atoms with van der Waals surface area (Å²) in [5.74, 6) is 1.14. The highest BCUT2D eigenvalue weighted by molar-refractivity contribution is 6.31. The Morgan fingerprint density at radius 1 is 0.882 bits per heavy atom. The second-order valence-corrected chi connectivity index (χ2v) is 9.63. The van der Waals surface area contributed by atoms with Crippen molar-refractivity contribution in [3.63, 3.8) is 0 Å². The molecular formula is C29H40ClN3O. The number of benzene rings is 2. The van der Waals surface area contributed by atoms with Crippen LogP contribution in [0.1, 0.15) is 82.5 Å². The van der Waals surface area contributed by atoms with Crippen molar-refractivity contribution in [2.45, 2.75) is 90.5 Å². The average Bonchev–Trinajstić information content (AvgIpc) is 3.19. The molecule has 1 heterocycles. The van der Waals surface area contributed by atoms with Crippen LogP contribution in [-0.2, 0) is 24.2 Å². The molecule has 0 saturated heterocycles. The zero-order valence-electron chi connectivity index (χ0n) is 20.7. The lowest BCUT2D eigenvalue weighted by Crippen LogP contribution is -2.26. The van der Waals surface area contributed by atoms with Gasteiger partial charge in [0, 0.05) is 24.5 Å². The molecule has 0 saturated carbocycles. The number of fused-ring (bicyclic) bond motifs is 1. The third-order valence-corrected chi connectivity index (χ3v) is 6.80. The monoisotopic (exact) mass is 481 g/mol. The van der Waals surface area contributed by atoms with Gasteiger partial charge in [-0.1, -0.05) is 100 Å². The molecule has 0 aliphatic rings. The highest BCUT2D eigenvalue weighted by Crippen LogP contribution is 2.19. The van der Waals surface area contributed by atoms with E-state index in [1.54, 1.807) is 0 Å². The van der Waals surface area contributed by atoms with Crippen LogP contribution in [0, 0.1) is 0 Å². The topological polar surface area (TPSA) is 46.9 Å². The molecule has 3 aromatic rings. The predicted molar refractivity (Wildman–Crippen MR) is 143 cm³/mol. The summed E-state index contributed by atoms with van der Waals surface area (Å²) in [5, 5.41) is 3.67. The van der Waals surface area contributed by atoms with Gasteiger partial charge in [0.25, 0.3) is 0 Å². The van der Waals surface area contributed by atoms with Crippen molar-refractivity contribution in [2.24, 2.45) is 0 Å². The van der Waals surface area contributed by atoms with Gasteiger partial charge in [-0.05, 0) is 36.6 Å². The molecule has 0 atom stereocenters. The molecule has 2 aromatic carbocycles. The van der Waals surface area contributed by atoms with Gasteiger partial charge in [-0.2, -0.15) is 0 Å². The van der Waals surface area contributed by atoms with Crippen LogP contribution in [0.25, 0.3) is 11.0 Å². The van der Waals surface area contributed by atoms with Gasteiger partial charge in [0.1, 0.15) is 5.82 Å². The molecule has 0 radical (unpaired) electrons. The third-order valence-electron chi connectivity index (χ3n) is 6.43. The fraction of sp³-hybridized carbons (Fsp3) is 0.517. The number of hydrogen-bond donors (Lipinski definition) is 1. The molecule has 0 bridgehead atoms. The van der Waals surface area contributed by atoms with Gasteiger partial charge in [-0.25, -0.2) is 4.98 Å². The molecule has 34 heavy (non-hydrogen) atoms. The first-order chi connectivity index (χ1) is 16.7. The molecule has 1 N–H and O–H groups in total. The fourth-order valence-corrected chi connectivity index (χ4v) is 4.70.